The summed E-state index contributed by atoms with van der Waals surface area (Å²) in [5.74, 6) is -0.244. The molecule has 5 nitrogen and oxygen atoms in total. The summed E-state index contributed by atoms with van der Waals surface area (Å²) in [5.41, 5.74) is 3.10. The number of phenols is 1. The molecule has 0 bridgehead atoms. The average Bonchev–Trinajstić information content (AvgIpc) is 2.60. The first kappa shape index (κ1) is 19.5. The molecule has 6 heteroatoms. The van der Waals surface area contributed by atoms with Gasteiger partial charge in [0.05, 0.1) is 11.1 Å². The molecule has 2 N–H and O–H groups in total. The standard InChI is InChI=1S/C20H19BrN2O3/c1-4-26-18-10-14(9-16(21)19(18)24)8-15(11-22)20(25)23-17-7-12(2)5-6-13(17)3/h5-10,24H,4H2,1-3H3,(H,23,25)/b15-8-. The van der Waals surface area contributed by atoms with Crippen molar-refractivity contribution in [3.05, 3.63) is 57.1 Å². The Hall–Kier alpha value is -2.78. The van der Waals surface area contributed by atoms with Gasteiger partial charge in [0, 0.05) is 5.69 Å². The summed E-state index contributed by atoms with van der Waals surface area (Å²) in [6.45, 7) is 6.00. The molecule has 0 aliphatic carbocycles. The minimum absolute atomic E-state index is 0.0256. The number of hydrogen-bond acceptors (Lipinski definition) is 4. The number of nitrogens with zero attached hydrogens (tertiary/aromatic N) is 1. The number of anilines is 1. The van der Waals surface area contributed by atoms with Gasteiger partial charge < -0.3 is 15.2 Å². The number of rotatable bonds is 5. The molecule has 0 atom stereocenters. The highest BCUT2D eigenvalue weighted by Gasteiger charge is 2.13. The molecule has 0 radical (unpaired) electrons. The number of hydrogen-bond donors (Lipinski definition) is 2. The third-order valence-electron chi connectivity index (χ3n) is 3.67. The van der Waals surface area contributed by atoms with Gasteiger partial charge in [0.15, 0.2) is 11.5 Å². The Morgan fingerprint density at radius 2 is 2.08 bits per heavy atom. The molecule has 0 saturated carbocycles. The zero-order chi connectivity index (χ0) is 19.3. The maximum absolute atomic E-state index is 12.5. The van der Waals surface area contributed by atoms with Gasteiger partial charge in [-0.25, -0.2) is 0 Å². The molecule has 0 unspecified atom stereocenters. The van der Waals surface area contributed by atoms with Gasteiger partial charge >= 0.3 is 0 Å². The zero-order valence-electron chi connectivity index (χ0n) is 14.8. The van der Waals surface area contributed by atoms with Crippen molar-refractivity contribution < 1.29 is 14.6 Å². The number of nitrogens with one attached hydrogen (secondary N) is 1. The van der Waals surface area contributed by atoms with Gasteiger partial charge in [-0.1, -0.05) is 12.1 Å². The second-order valence-electron chi connectivity index (χ2n) is 5.72. The number of ether oxygens (including phenoxy) is 1. The van der Waals surface area contributed by atoms with Crippen LogP contribution in [0.1, 0.15) is 23.6 Å². The van der Waals surface area contributed by atoms with Crippen molar-refractivity contribution in [1.29, 1.82) is 5.26 Å². The average molecular weight is 415 g/mol. The first-order chi connectivity index (χ1) is 12.3. The molecule has 26 heavy (non-hydrogen) atoms. The van der Waals surface area contributed by atoms with E-state index in [1.54, 1.807) is 19.1 Å². The Labute approximate surface area is 161 Å². The highest BCUT2D eigenvalue weighted by atomic mass is 79.9. The number of carbonyl (C=O) groups is 1. The van der Waals surface area contributed by atoms with Crippen LogP contribution in [0.2, 0.25) is 0 Å². The lowest BCUT2D eigenvalue weighted by Gasteiger charge is -2.10. The lowest BCUT2D eigenvalue weighted by molar-refractivity contribution is -0.112. The van der Waals surface area contributed by atoms with E-state index in [1.165, 1.54) is 6.08 Å². The molecular weight excluding hydrogens is 396 g/mol. The van der Waals surface area contributed by atoms with Crippen molar-refractivity contribution in [2.45, 2.75) is 20.8 Å². The van der Waals surface area contributed by atoms with Gasteiger partial charge in [0.25, 0.3) is 5.91 Å². The number of nitriles is 1. The Morgan fingerprint density at radius 1 is 1.35 bits per heavy atom. The number of phenolic OH excluding ortho intramolecular Hbond substituents is 1. The van der Waals surface area contributed by atoms with Gasteiger partial charge in [-0.3, -0.25) is 4.79 Å². The first-order valence-electron chi connectivity index (χ1n) is 8.01. The second-order valence-corrected chi connectivity index (χ2v) is 6.58. The number of benzene rings is 2. The van der Waals surface area contributed by atoms with E-state index in [-0.39, 0.29) is 17.1 Å². The number of carbonyl (C=O) groups excluding carboxylic acids is 1. The first-order valence-corrected chi connectivity index (χ1v) is 8.80. The monoisotopic (exact) mass is 414 g/mol. The molecule has 0 fully saturated rings. The molecule has 0 aromatic heterocycles. The molecule has 1 amide bonds. The second kappa shape index (κ2) is 8.54. The normalized spacial score (nSPS) is 11.0. The third kappa shape index (κ3) is 4.64. The minimum Gasteiger partial charge on any atom is -0.503 e. The summed E-state index contributed by atoms with van der Waals surface area (Å²) in [5, 5.41) is 22.1. The molecule has 2 aromatic rings. The van der Waals surface area contributed by atoms with Crippen LogP contribution in [-0.2, 0) is 4.79 Å². The number of aryl methyl sites for hydroxylation is 2. The van der Waals surface area contributed by atoms with Crippen molar-refractivity contribution in [3.63, 3.8) is 0 Å². The fraction of sp³-hybridized carbons (Fsp3) is 0.200. The van der Waals surface area contributed by atoms with E-state index in [0.717, 1.165) is 11.1 Å². The molecule has 0 saturated heterocycles. The highest BCUT2D eigenvalue weighted by Crippen LogP contribution is 2.36. The maximum atomic E-state index is 12.5. The Bertz CT molecular complexity index is 914. The fourth-order valence-electron chi connectivity index (χ4n) is 2.32. The lowest BCUT2D eigenvalue weighted by atomic mass is 10.1. The van der Waals surface area contributed by atoms with Crippen LogP contribution in [0.5, 0.6) is 11.5 Å². The molecule has 0 aliphatic heterocycles. The van der Waals surface area contributed by atoms with Gasteiger partial charge in [0.1, 0.15) is 11.6 Å². The van der Waals surface area contributed by atoms with Crippen molar-refractivity contribution in [3.8, 4) is 17.6 Å². The number of amides is 1. The highest BCUT2D eigenvalue weighted by molar-refractivity contribution is 9.10. The zero-order valence-corrected chi connectivity index (χ0v) is 16.3. The molecule has 0 spiro atoms. The number of aromatic hydroxyl groups is 1. The smallest absolute Gasteiger partial charge is 0.266 e. The summed E-state index contributed by atoms with van der Waals surface area (Å²) < 4.78 is 5.78. The van der Waals surface area contributed by atoms with Crippen LogP contribution in [0.4, 0.5) is 5.69 Å². The molecule has 2 aromatic carbocycles. The van der Waals surface area contributed by atoms with E-state index in [4.69, 9.17) is 4.74 Å². The summed E-state index contributed by atoms with van der Waals surface area (Å²) >= 11 is 3.24. The van der Waals surface area contributed by atoms with Crippen molar-refractivity contribution in [2.24, 2.45) is 0 Å². The largest absolute Gasteiger partial charge is 0.503 e. The Morgan fingerprint density at radius 3 is 2.73 bits per heavy atom. The van der Waals surface area contributed by atoms with Gasteiger partial charge in [-0.15, -0.1) is 0 Å². The molecule has 0 heterocycles. The number of halogens is 1. The van der Waals surface area contributed by atoms with Crippen LogP contribution in [0.25, 0.3) is 6.08 Å². The van der Waals surface area contributed by atoms with E-state index in [9.17, 15) is 15.2 Å². The van der Waals surface area contributed by atoms with Crippen molar-refractivity contribution in [2.75, 3.05) is 11.9 Å². The molecular formula is C20H19BrN2O3. The van der Waals surface area contributed by atoms with Crippen LogP contribution in [-0.4, -0.2) is 17.6 Å². The summed E-state index contributed by atoms with van der Waals surface area (Å²) in [6, 6.07) is 10.8. The maximum Gasteiger partial charge on any atom is 0.266 e. The van der Waals surface area contributed by atoms with Crippen molar-refractivity contribution >= 4 is 33.6 Å². The van der Waals surface area contributed by atoms with Gasteiger partial charge in [-0.05, 0) is 77.7 Å². The Balaban J connectivity index is 2.34. The van der Waals surface area contributed by atoms with Crippen LogP contribution in [0, 0.1) is 25.2 Å². The SMILES string of the molecule is CCOc1cc(/C=C(/C#N)C(=O)Nc2cc(C)ccc2C)cc(Br)c1O. The van der Waals surface area contributed by atoms with Crippen LogP contribution < -0.4 is 10.1 Å². The molecule has 134 valence electrons. The van der Waals surface area contributed by atoms with Gasteiger partial charge in [-0.2, -0.15) is 5.26 Å². The van der Waals surface area contributed by atoms with E-state index >= 15 is 0 Å². The predicted octanol–water partition coefficient (Wildman–Crippen LogP) is 4.72. The van der Waals surface area contributed by atoms with Gasteiger partial charge in [0.2, 0.25) is 0 Å². The van der Waals surface area contributed by atoms with Crippen LogP contribution in [0.15, 0.2) is 40.4 Å². The fourth-order valence-corrected chi connectivity index (χ4v) is 2.78. The van der Waals surface area contributed by atoms with E-state index in [1.807, 2.05) is 38.1 Å². The van der Waals surface area contributed by atoms with Crippen LogP contribution >= 0.6 is 15.9 Å². The van der Waals surface area contributed by atoms with E-state index < -0.39 is 5.91 Å². The minimum atomic E-state index is -0.497. The molecule has 2 rings (SSSR count). The summed E-state index contributed by atoms with van der Waals surface area (Å²) in [6.07, 6.45) is 1.45. The van der Waals surface area contributed by atoms with E-state index in [0.29, 0.717) is 22.3 Å². The summed E-state index contributed by atoms with van der Waals surface area (Å²) in [4.78, 5) is 12.5. The van der Waals surface area contributed by atoms with Crippen LogP contribution in [0.3, 0.4) is 0 Å². The molecule has 0 aliphatic rings. The third-order valence-corrected chi connectivity index (χ3v) is 4.27. The quantitative estimate of drug-likeness (QED) is 0.547. The topological polar surface area (TPSA) is 82.3 Å². The van der Waals surface area contributed by atoms with Crippen molar-refractivity contribution in [1.82, 2.24) is 0 Å². The Kier molecular flexibility index (Phi) is 6.42. The predicted molar refractivity (Wildman–Crippen MR) is 105 cm³/mol. The lowest BCUT2D eigenvalue weighted by Crippen LogP contribution is -2.14. The van der Waals surface area contributed by atoms with E-state index in [2.05, 4.69) is 21.2 Å². The summed E-state index contributed by atoms with van der Waals surface area (Å²) in [7, 11) is 0.